The van der Waals surface area contributed by atoms with Crippen molar-refractivity contribution in [3.05, 3.63) is 0 Å². The van der Waals surface area contributed by atoms with Crippen molar-refractivity contribution in [1.82, 2.24) is 10.6 Å². The Morgan fingerprint density at radius 2 is 1.59 bits per heavy atom. The van der Waals surface area contributed by atoms with Gasteiger partial charge in [0.25, 0.3) is 0 Å². The molecule has 0 aromatic heterocycles. The van der Waals surface area contributed by atoms with Crippen molar-refractivity contribution in [1.29, 1.82) is 0 Å². The van der Waals surface area contributed by atoms with Crippen molar-refractivity contribution in [2.24, 2.45) is 11.5 Å². The maximum absolute atomic E-state index is 11.9. The fourth-order valence-corrected chi connectivity index (χ4v) is 1.46. The van der Waals surface area contributed by atoms with E-state index < -0.39 is 61.1 Å². The topological polar surface area (TPSA) is 202 Å². The van der Waals surface area contributed by atoms with Gasteiger partial charge in [-0.1, -0.05) is 0 Å². The Morgan fingerprint density at radius 3 is 2.00 bits per heavy atom. The quantitative estimate of drug-likeness (QED) is 0.241. The number of primary amides is 1. The number of nitrogens with one attached hydrogen (secondary N) is 2. The van der Waals surface area contributed by atoms with Crippen LogP contribution in [0, 0.1) is 0 Å². The van der Waals surface area contributed by atoms with Gasteiger partial charge in [0, 0.05) is 6.42 Å². The lowest BCUT2D eigenvalue weighted by molar-refractivity contribution is -0.144. The van der Waals surface area contributed by atoms with Gasteiger partial charge in [-0.05, 0) is 6.42 Å². The van der Waals surface area contributed by atoms with Crippen LogP contribution in [-0.2, 0) is 24.0 Å². The van der Waals surface area contributed by atoms with E-state index in [1.165, 1.54) is 0 Å². The molecule has 0 radical (unpaired) electrons. The van der Waals surface area contributed by atoms with E-state index in [1.807, 2.05) is 5.32 Å². The molecular formula is C11H18N4O7. The molecule has 0 aromatic rings. The van der Waals surface area contributed by atoms with E-state index in [9.17, 15) is 24.0 Å². The summed E-state index contributed by atoms with van der Waals surface area (Å²) >= 11 is 0. The molecule has 0 rings (SSSR count). The average molecular weight is 318 g/mol. The van der Waals surface area contributed by atoms with Crippen LogP contribution in [0.2, 0.25) is 0 Å². The molecule has 0 aliphatic carbocycles. The van der Waals surface area contributed by atoms with E-state index in [4.69, 9.17) is 21.7 Å². The summed E-state index contributed by atoms with van der Waals surface area (Å²) in [6, 6.07) is -2.87. The van der Waals surface area contributed by atoms with Gasteiger partial charge in [-0.15, -0.1) is 0 Å². The van der Waals surface area contributed by atoms with Crippen LogP contribution in [0.3, 0.4) is 0 Å². The van der Waals surface area contributed by atoms with Gasteiger partial charge in [0.2, 0.25) is 17.7 Å². The van der Waals surface area contributed by atoms with Gasteiger partial charge in [0.1, 0.15) is 12.1 Å². The Hall–Kier alpha value is -2.69. The van der Waals surface area contributed by atoms with Crippen LogP contribution >= 0.6 is 0 Å². The molecule has 2 unspecified atom stereocenters. The average Bonchev–Trinajstić information content (AvgIpc) is 2.41. The highest BCUT2D eigenvalue weighted by molar-refractivity contribution is 5.92. The van der Waals surface area contributed by atoms with E-state index in [1.54, 1.807) is 0 Å². The summed E-state index contributed by atoms with van der Waals surface area (Å²) in [5.41, 5.74) is 9.94. The molecule has 0 aliphatic rings. The smallest absolute Gasteiger partial charge is 0.326 e. The zero-order valence-corrected chi connectivity index (χ0v) is 11.6. The Balaban J connectivity index is 4.90. The number of carbonyl (C=O) groups excluding carboxylic acids is 3. The van der Waals surface area contributed by atoms with E-state index in [0.29, 0.717) is 0 Å². The lowest BCUT2D eigenvalue weighted by Crippen LogP contribution is -2.53. The van der Waals surface area contributed by atoms with Gasteiger partial charge in [0.05, 0.1) is 13.0 Å². The van der Waals surface area contributed by atoms with Crippen LogP contribution in [0.25, 0.3) is 0 Å². The molecule has 0 spiro atoms. The first-order valence-corrected chi connectivity index (χ1v) is 6.20. The lowest BCUT2D eigenvalue weighted by atomic mass is 10.1. The minimum atomic E-state index is -1.58. The third-order valence-corrected chi connectivity index (χ3v) is 2.50. The highest BCUT2D eigenvalue weighted by atomic mass is 16.4. The van der Waals surface area contributed by atoms with Crippen molar-refractivity contribution in [3.8, 4) is 0 Å². The maximum atomic E-state index is 11.9. The summed E-state index contributed by atoms with van der Waals surface area (Å²) in [6.45, 7) is -0.430. The number of nitrogens with two attached hydrogens (primary N) is 2. The number of rotatable bonds is 10. The summed E-state index contributed by atoms with van der Waals surface area (Å²) in [7, 11) is 0. The lowest BCUT2D eigenvalue weighted by Gasteiger charge is -2.20. The predicted octanol–water partition coefficient (Wildman–Crippen LogP) is -3.26. The third-order valence-electron chi connectivity index (χ3n) is 2.50. The molecule has 11 nitrogen and oxygen atoms in total. The van der Waals surface area contributed by atoms with Crippen LogP contribution in [0.4, 0.5) is 0 Å². The Bertz CT molecular complexity index is 465. The van der Waals surface area contributed by atoms with Gasteiger partial charge in [-0.25, -0.2) is 4.79 Å². The van der Waals surface area contributed by atoms with Gasteiger partial charge in [0.15, 0.2) is 0 Å². The molecule has 0 aromatic carbocycles. The monoisotopic (exact) mass is 318 g/mol. The van der Waals surface area contributed by atoms with Crippen molar-refractivity contribution >= 4 is 29.7 Å². The van der Waals surface area contributed by atoms with Gasteiger partial charge in [-0.2, -0.15) is 0 Å². The van der Waals surface area contributed by atoms with Crippen LogP contribution in [0.5, 0.6) is 0 Å². The summed E-state index contributed by atoms with van der Waals surface area (Å²) in [6.07, 6.45) is -1.34. The first kappa shape index (κ1) is 19.3. The Kier molecular flexibility index (Phi) is 8.15. The van der Waals surface area contributed by atoms with Crippen molar-refractivity contribution in [2.75, 3.05) is 6.54 Å². The van der Waals surface area contributed by atoms with Crippen molar-refractivity contribution in [3.63, 3.8) is 0 Å². The zero-order chi connectivity index (χ0) is 17.3. The summed E-state index contributed by atoms with van der Waals surface area (Å²) in [5, 5.41) is 21.7. The van der Waals surface area contributed by atoms with E-state index in [0.717, 1.165) is 0 Å². The highest BCUT2D eigenvalue weighted by Crippen LogP contribution is 2.01. The molecular weight excluding hydrogens is 300 g/mol. The SMILES string of the molecule is NCC(=O)NC(CCC(=O)O)C(=O)NC(CC(N)=O)C(=O)O. The predicted molar refractivity (Wildman–Crippen MR) is 71.2 cm³/mol. The molecule has 2 atom stereocenters. The zero-order valence-electron chi connectivity index (χ0n) is 11.6. The molecule has 0 fully saturated rings. The minimum Gasteiger partial charge on any atom is -0.481 e. The number of hydrogen-bond acceptors (Lipinski definition) is 6. The largest absolute Gasteiger partial charge is 0.481 e. The van der Waals surface area contributed by atoms with Crippen LogP contribution in [-0.4, -0.2) is 58.5 Å². The van der Waals surface area contributed by atoms with Gasteiger partial charge >= 0.3 is 11.9 Å². The normalized spacial score (nSPS) is 12.8. The molecule has 8 N–H and O–H groups in total. The second kappa shape index (κ2) is 9.28. The van der Waals surface area contributed by atoms with Crippen LogP contribution < -0.4 is 22.1 Å². The molecule has 0 heterocycles. The molecule has 3 amide bonds. The second-order valence-electron chi connectivity index (χ2n) is 4.33. The first-order chi connectivity index (χ1) is 10.2. The molecule has 0 saturated heterocycles. The first-order valence-electron chi connectivity index (χ1n) is 6.20. The van der Waals surface area contributed by atoms with Crippen LogP contribution in [0.1, 0.15) is 19.3 Å². The molecule has 22 heavy (non-hydrogen) atoms. The number of carboxylic acids is 2. The summed E-state index contributed by atoms with van der Waals surface area (Å²) < 4.78 is 0. The summed E-state index contributed by atoms with van der Waals surface area (Å²) in [5.74, 6) is -5.30. The third kappa shape index (κ3) is 7.79. The minimum absolute atomic E-state index is 0.268. The van der Waals surface area contributed by atoms with Crippen LogP contribution in [0.15, 0.2) is 0 Å². The fourth-order valence-electron chi connectivity index (χ4n) is 1.46. The number of carbonyl (C=O) groups is 5. The number of carboxylic acid groups (broad SMARTS) is 2. The van der Waals surface area contributed by atoms with E-state index >= 15 is 0 Å². The molecule has 124 valence electrons. The second-order valence-corrected chi connectivity index (χ2v) is 4.33. The molecule has 0 saturated carbocycles. The van der Waals surface area contributed by atoms with Gasteiger partial charge < -0.3 is 32.3 Å². The van der Waals surface area contributed by atoms with Crippen molar-refractivity contribution < 1.29 is 34.2 Å². The maximum Gasteiger partial charge on any atom is 0.326 e. The number of amides is 3. The van der Waals surface area contributed by atoms with E-state index in [-0.39, 0.29) is 6.42 Å². The number of hydrogen-bond donors (Lipinski definition) is 6. The molecule has 0 aliphatic heterocycles. The number of aliphatic carboxylic acids is 2. The molecule has 11 heteroatoms. The fraction of sp³-hybridized carbons (Fsp3) is 0.545. The van der Waals surface area contributed by atoms with Crippen molar-refractivity contribution in [2.45, 2.75) is 31.3 Å². The Labute approximate surface area is 125 Å². The van der Waals surface area contributed by atoms with Gasteiger partial charge in [-0.3, -0.25) is 19.2 Å². The summed E-state index contributed by atoms with van der Waals surface area (Å²) in [4.78, 5) is 55.3. The standard InChI is InChI=1S/C11H18N4O7/c12-4-8(17)14-5(1-2-9(18)19)10(20)15-6(11(21)22)3-7(13)16/h5-6H,1-4,12H2,(H2,13,16)(H,14,17)(H,15,20)(H,18,19)(H,21,22). The Morgan fingerprint density at radius 1 is 1.00 bits per heavy atom. The van der Waals surface area contributed by atoms with E-state index in [2.05, 4.69) is 5.32 Å². The molecule has 0 bridgehead atoms. The highest BCUT2D eigenvalue weighted by Gasteiger charge is 2.27.